The normalized spacial score (nSPS) is 11.9. The molecule has 1 rings (SSSR count). The molecule has 0 aliphatic carbocycles. The molecule has 0 unspecified atom stereocenters. The summed E-state index contributed by atoms with van der Waals surface area (Å²) in [6, 6.07) is 6.68. The van der Waals surface area contributed by atoms with E-state index in [0.717, 1.165) is 24.5 Å². The maximum absolute atomic E-state index is 5.77. The van der Waals surface area contributed by atoms with Crippen LogP contribution in [-0.2, 0) is 6.54 Å². The molecule has 106 valence electrons. The number of rotatable bonds is 9. The minimum Gasteiger partial charge on any atom is -0.490 e. The van der Waals surface area contributed by atoms with Gasteiger partial charge in [0.05, 0.1) is 18.2 Å². The fourth-order valence-corrected chi connectivity index (χ4v) is 1.79. The lowest BCUT2D eigenvalue weighted by atomic mass is 10.1. The van der Waals surface area contributed by atoms with Gasteiger partial charge in [-0.15, -0.1) is 0 Å². The van der Waals surface area contributed by atoms with Gasteiger partial charge in [-0.1, -0.05) is 25.6 Å². The summed E-state index contributed by atoms with van der Waals surface area (Å²) in [5, 5.41) is 2.33. The van der Waals surface area contributed by atoms with Gasteiger partial charge in [0.15, 0.2) is 11.5 Å². The second-order valence-corrected chi connectivity index (χ2v) is 4.60. The molecule has 0 spiro atoms. The lowest BCUT2D eigenvalue weighted by Gasteiger charge is -2.15. The minimum absolute atomic E-state index is 0.500. The first-order valence-electron chi connectivity index (χ1n) is 7.04. The molecule has 0 aromatic heterocycles. The zero-order chi connectivity index (χ0) is 14.1. The zero-order valence-electron chi connectivity index (χ0n) is 12.3. The van der Waals surface area contributed by atoms with Gasteiger partial charge in [-0.2, -0.15) is 0 Å². The van der Waals surface area contributed by atoms with Crippen molar-refractivity contribution in [3.05, 3.63) is 36.4 Å². The van der Waals surface area contributed by atoms with Crippen molar-refractivity contribution in [3.63, 3.8) is 0 Å². The Morgan fingerprint density at radius 2 is 2.11 bits per heavy atom. The highest BCUT2D eigenvalue weighted by molar-refractivity contribution is 5.46. The number of nitrogens with two attached hydrogens (primary N) is 1. The fourth-order valence-electron chi connectivity index (χ4n) is 1.79. The Kier molecular flexibility index (Phi) is 7.04. The van der Waals surface area contributed by atoms with Crippen LogP contribution in [0.1, 0.15) is 32.8 Å². The van der Waals surface area contributed by atoms with Gasteiger partial charge in [0.1, 0.15) is 13.2 Å². The summed E-state index contributed by atoms with van der Waals surface area (Å²) in [5.74, 6) is 1.67. The number of hydrogen-bond donors (Lipinski definition) is 1. The Balaban J connectivity index is 2.86. The molecule has 0 saturated carbocycles. The van der Waals surface area contributed by atoms with Crippen LogP contribution in [0.25, 0.3) is 0 Å². The Hall–Kier alpha value is -1.48. The van der Waals surface area contributed by atoms with Crippen molar-refractivity contribution in [1.82, 2.24) is 0 Å². The largest absolute Gasteiger partial charge is 0.490 e. The summed E-state index contributed by atoms with van der Waals surface area (Å²) >= 11 is 0. The molecule has 1 aromatic rings. The van der Waals surface area contributed by atoms with Crippen molar-refractivity contribution >= 4 is 0 Å². The maximum atomic E-state index is 5.77. The van der Waals surface area contributed by atoms with Gasteiger partial charge in [0.2, 0.25) is 0 Å². The molecule has 0 heterocycles. The molecule has 0 aliphatic rings. The molecule has 19 heavy (non-hydrogen) atoms. The number of quaternary nitrogens is 1. The molecular weight excluding hydrogens is 238 g/mol. The van der Waals surface area contributed by atoms with Crippen LogP contribution in [0.4, 0.5) is 0 Å². The second-order valence-electron chi connectivity index (χ2n) is 4.60. The predicted octanol–water partition coefficient (Wildman–Crippen LogP) is 2.51. The van der Waals surface area contributed by atoms with Gasteiger partial charge in [0.25, 0.3) is 0 Å². The molecule has 0 radical (unpaired) electrons. The third-order valence-electron chi connectivity index (χ3n) is 3.09. The SMILES string of the molecule is C=CCOc1c(C[NH2+][C@@H](C)CC)cccc1OCC. The molecule has 1 atom stereocenters. The summed E-state index contributed by atoms with van der Waals surface area (Å²) < 4.78 is 11.4. The number of ether oxygens (including phenoxy) is 2. The van der Waals surface area contributed by atoms with E-state index in [1.165, 1.54) is 5.56 Å². The van der Waals surface area contributed by atoms with Crippen molar-refractivity contribution in [2.75, 3.05) is 13.2 Å². The van der Waals surface area contributed by atoms with Gasteiger partial charge in [-0.05, 0) is 32.4 Å². The second kappa shape index (κ2) is 8.59. The van der Waals surface area contributed by atoms with Crippen LogP contribution in [0.5, 0.6) is 11.5 Å². The molecule has 0 fully saturated rings. The monoisotopic (exact) mass is 264 g/mol. The Morgan fingerprint density at radius 1 is 1.32 bits per heavy atom. The Labute approximate surface area is 116 Å². The van der Waals surface area contributed by atoms with Crippen LogP contribution in [0, 0.1) is 0 Å². The molecule has 0 aliphatic heterocycles. The Bertz CT molecular complexity index is 390. The first kappa shape index (κ1) is 15.6. The molecule has 3 nitrogen and oxygen atoms in total. The van der Waals surface area contributed by atoms with Crippen LogP contribution < -0.4 is 14.8 Å². The minimum atomic E-state index is 0.500. The highest BCUT2D eigenvalue weighted by Gasteiger charge is 2.13. The van der Waals surface area contributed by atoms with Crippen molar-refractivity contribution in [2.45, 2.75) is 39.8 Å². The number of para-hydroxylation sites is 1. The van der Waals surface area contributed by atoms with E-state index in [0.29, 0.717) is 19.3 Å². The third-order valence-corrected chi connectivity index (χ3v) is 3.09. The number of hydrogen-bond acceptors (Lipinski definition) is 2. The molecule has 3 heteroatoms. The van der Waals surface area contributed by atoms with Crippen LogP contribution in [-0.4, -0.2) is 19.3 Å². The summed E-state index contributed by atoms with van der Waals surface area (Å²) in [4.78, 5) is 0. The highest BCUT2D eigenvalue weighted by atomic mass is 16.5. The van der Waals surface area contributed by atoms with E-state index in [1.807, 2.05) is 19.1 Å². The third kappa shape index (κ3) is 4.95. The lowest BCUT2D eigenvalue weighted by Crippen LogP contribution is -2.87. The van der Waals surface area contributed by atoms with Crippen molar-refractivity contribution in [1.29, 1.82) is 0 Å². The zero-order valence-corrected chi connectivity index (χ0v) is 12.3. The van der Waals surface area contributed by atoms with Gasteiger partial charge >= 0.3 is 0 Å². The summed E-state index contributed by atoms with van der Waals surface area (Å²) in [6.07, 6.45) is 2.92. The van der Waals surface area contributed by atoms with E-state index in [1.54, 1.807) is 6.08 Å². The predicted molar refractivity (Wildman–Crippen MR) is 78.7 cm³/mol. The lowest BCUT2D eigenvalue weighted by molar-refractivity contribution is -0.701. The van der Waals surface area contributed by atoms with E-state index < -0.39 is 0 Å². The van der Waals surface area contributed by atoms with E-state index in [-0.39, 0.29) is 0 Å². The molecule has 1 aromatic carbocycles. The van der Waals surface area contributed by atoms with E-state index in [4.69, 9.17) is 9.47 Å². The van der Waals surface area contributed by atoms with Crippen LogP contribution in [0.3, 0.4) is 0 Å². The quantitative estimate of drug-likeness (QED) is 0.696. The fraction of sp³-hybridized carbons (Fsp3) is 0.500. The van der Waals surface area contributed by atoms with Gasteiger partial charge in [-0.25, -0.2) is 0 Å². The van der Waals surface area contributed by atoms with Crippen molar-refractivity contribution < 1.29 is 14.8 Å². The maximum Gasteiger partial charge on any atom is 0.170 e. The highest BCUT2D eigenvalue weighted by Crippen LogP contribution is 2.31. The topological polar surface area (TPSA) is 35.1 Å². The number of benzene rings is 1. The van der Waals surface area contributed by atoms with Crippen LogP contribution >= 0.6 is 0 Å². The van der Waals surface area contributed by atoms with Gasteiger partial charge < -0.3 is 14.8 Å². The summed E-state index contributed by atoms with van der Waals surface area (Å²) in [7, 11) is 0. The van der Waals surface area contributed by atoms with Gasteiger partial charge in [-0.3, -0.25) is 0 Å². The first-order chi connectivity index (χ1) is 9.22. The first-order valence-corrected chi connectivity index (χ1v) is 7.04. The van der Waals surface area contributed by atoms with E-state index in [2.05, 4.69) is 31.8 Å². The average Bonchev–Trinajstić information content (AvgIpc) is 2.43. The molecule has 0 bridgehead atoms. The molecule has 0 saturated heterocycles. The molecule has 2 N–H and O–H groups in total. The smallest absolute Gasteiger partial charge is 0.170 e. The standard InChI is InChI=1S/C16H25NO2/c1-5-11-19-16-14(12-17-13(4)6-2)9-8-10-15(16)18-7-3/h5,8-10,13,17H,1,6-7,11-12H2,2-4H3/p+1/t13-/m0/s1. The summed E-state index contributed by atoms with van der Waals surface area (Å²) in [6.45, 7) is 12.2. The average molecular weight is 264 g/mol. The summed E-state index contributed by atoms with van der Waals surface area (Å²) in [5.41, 5.74) is 1.17. The van der Waals surface area contributed by atoms with E-state index in [9.17, 15) is 0 Å². The van der Waals surface area contributed by atoms with Crippen LogP contribution in [0.2, 0.25) is 0 Å². The molecule has 0 amide bonds. The molecular formula is C16H26NO2+. The van der Waals surface area contributed by atoms with Crippen molar-refractivity contribution in [3.8, 4) is 11.5 Å². The van der Waals surface area contributed by atoms with Gasteiger partial charge in [0, 0.05) is 0 Å². The van der Waals surface area contributed by atoms with Crippen LogP contribution in [0.15, 0.2) is 30.9 Å². The van der Waals surface area contributed by atoms with Crippen molar-refractivity contribution in [2.24, 2.45) is 0 Å². The van der Waals surface area contributed by atoms with E-state index >= 15 is 0 Å². The Morgan fingerprint density at radius 3 is 2.74 bits per heavy atom.